The molecule has 0 heterocycles. The Morgan fingerprint density at radius 3 is 2.68 bits per heavy atom. The van der Waals surface area contributed by atoms with Crippen molar-refractivity contribution in [3.63, 3.8) is 0 Å². The fourth-order valence-electron chi connectivity index (χ4n) is 3.60. The molecule has 1 aromatic rings. The summed E-state index contributed by atoms with van der Waals surface area (Å²) in [6.07, 6.45) is 3.61. The molecule has 1 amide bonds. The number of amides is 1. The van der Waals surface area contributed by atoms with E-state index in [-0.39, 0.29) is 18.6 Å². The molecule has 1 aliphatic carbocycles. The average Bonchev–Trinajstić information content (AvgIpc) is 2.52. The number of anilines is 1. The molecule has 0 aromatic heterocycles. The number of ether oxygens (including phenoxy) is 1. The molecular formula is C20H32NO3P. The van der Waals surface area contributed by atoms with E-state index in [1.807, 2.05) is 18.2 Å². The highest BCUT2D eigenvalue weighted by molar-refractivity contribution is 7.70. The predicted octanol–water partition coefficient (Wildman–Crippen LogP) is 4.35. The molecule has 0 saturated heterocycles. The zero-order valence-electron chi connectivity index (χ0n) is 16.1. The summed E-state index contributed by atoms with van der Waals surface area (Å²) >= 11 is 0. The lowest BCUT2D eigenvalue weighted by molar-refractivity contribution is -0.126. The lowest BCUT2D eigenvalue weighted by Gasteiger charge is -2.37. The van der Waals surface area contributed by atoms with E-state index >= 15 is 0 Å². The molecule has 0 spiro atoms. The molecule has 25 heavy (non-hydrogen) atoms. The van der Waals surface area contributed by atoms with Crippen LogP contribution in [0.3, 0.4) is 0 Å². The van der Waals surface area contributed by atoms with Crippen molar-refractivity contribution in [1.82, 2.24) is 0 Å². The van der Waals surface area contributed by atoms with Gasteiger partial charge in [0.1, 0.15) is 13.7 Å². The van der Waals surface area contributed by atoms with Gasteiger partial charge in [0.05, 0.1) is 6.10 Å². The van der Waals surface area contributed by atoms with Crippen molar-refractivity contribution >= 4 is 24.0 Å². The molecule has 3 unspecified atom stereocenters. The summed E-state index contributed by atoms with van der Waals surface area (Å²) in [5, 5.41) is 3.63. The second kappa shape index (κ2) is 8.51. The summed E-state index contributed by atoms with van der Waals surface area (Å²) in [4.78, 5) is 12.3. The van der Waals surface area contributed by atoms with Gasteiger partial charge in [-0.15, -0.1) is 0 Å². The van der Waals surface area contributed by atoms with Gasteiger partial charge < -0.3 is 14.6 Å². The maximum Gasteiger partial charge on any atom is 0.250 e. The van der Waals surface area contributed by atoms with E-state index in [9.17, 15) is 9.36 Å². The molecule has 2 rings (SSSR count). The molecule has 0 bridgehead atoms. The normalized spacial score (nSPS) is 24.3. The predicted molar refractivity (Wildman–Crippen MR) is 105 cm³/mol. The monoisotopic (exact) mass is 365 g/mol. The Morgan fingerprint density at radius 1 is 1.32 bits per heavy atom. The van der Waals surface area contributed by atoms with Crippen LogP contribution < -0.4 is 10.6 Å². The van der Waals surface area contributed by atoms with Gasteiger partial charge in [-0.3, -0.25) is 4.79 Å². The van der Waals surface area contributed by atoms with Crippen LogP contribution in [0, 0.1) is 17.8 Å². The van der Waals surface area contributed by atoms with Crippen molar-refractivity contribution in [1.29, 1.82) is 0 Å². The molecule has 1 aromatic carbocycles. The second-order valence-electron chi connectivity index (χ2n) is 8.12. The number of rotatable bonds is 6. The molecule has 3 atom stereocenters. The molecule has 4 nitrogen and oxygen atoms in total. The highest BCUT2D eigenvalue weighted by Gasteiger charge is 2.31. The Morgan fingerprint density at radius 2 is 2.04 bits per heavy atom. The summed E-state index contributed by atoms with van der Waals surface area (Å²) in [6.45, 7) is 10.3. The van der Waals surface area contributed by atoms with E-state index in [0.717, 1.165) is 11.7 Å². The average molecular weight is 365 g/mol. The first-order valence-electron chi connectivity index (χ1n) is 9.24. The summed E-state index contributed by atoms with van der Waals surface area (Å²) < 4.78 is 18.2. The summed E-state index contributed by atoms with van der Waals surface area (Å²) in [5.41, 5.74) is 0.674. The highest BCUT2D eigenvalue weighted by Crippen LogP contribution is 2.36. The number of benzene rings is 1. The van der Waals surface area contributed by atoms with Crippen LogP contribution in [0.4, 0.5) is 5.69 Å². The van der Waals surface area contributed by atoms with Crippen LogP contribution in [0.5, 0.6) is 0 Å². The van der Waals surface area contributed by atoms with Crippen LogP contribution in [-0.2, 0) is 14.1 Å². The molecule has 140 valence electrons. The molecular weight excluding hydrogens is 333 g/mol. The van der Waals surface area contributed by atoms with Crippen molar-refractivity contribution in [2.24, 2.45) is 17.8 Å². The van der Waals surface area contributed by atoms with Crippen LogP contribution in [0.1, 0.15) is 40.0 Å². The minimum absolute atomic E-state index is 0.0702. The van der Waals surface area contributed by atoms with Crippen LogP contribution in [0.25, 0.3) is 0 Å². The van der Waals surface area contributed by atoms with Gasteiger partial charge in [0.15, 0.2) is 0 Å². The number of nitrogens with one attached hydrogen (secondary N) is 1. The minimum atomic E-state index is -2.33. The number of carbonyl (C=O) groups is 1. The van der Waals surface area contributed by atoms with Crippen molar-refractivity contribution in [2.75, 3.05) is 25.3 Å². The van der Waals surface area contributed by atoms with E-state index in [0.29, 0.717) is 23.4 Å². The lowest BCUT2D eigenvalue weighted by Crippen LogP contribution is -2.36. The SMILES string of the molecule is CC1CCC(C(C)C)C(OCC(=O)Nc2cccc(P(C)(C)=O)c2)C1. The van der Waals surface area contributed by atoms with Crippen LogP contribution in [-0.4, -0.2) is 31.9 Å². The van der Waals surface area contributed by atoms with E-state index in [1.54, 1.807) is 19.4 Å². The lowest BCUT2D eigenvalue weighted by atomic mass is 9.75. The molecule has 1 aliphatic rings. The standard InChI is InChI=1S/C20H32NO3P/c1-14(2)18-10-9-15(3)11-19(18)24-13-20(22)21-16-7-6-8-17(12-16)25(4,5)23/h6-8,12,14-15,18-19H,9-11,13H2,1-5H3,(H,21,22). The van der Waals surface area contributed by atoms with E-state index in [4.69, 9.17) is 4.74 Å². The van der Waals surface area contributed by atoms with Gasteiger partial charge in [-0.2, -0.15) is 0 Å². The Bertz CT molecular complexity index is 638. The quantitative estimate of drug-likeness (QED) is 0.763. The van der Waals surface area contributed by atoms with E-state index < -0.39 is 7.14 Å². The fourth-order valence-corrected chi connectivity index (χ4v) is 4.50. The molecule has 0 radical (unpaired) electrons. The van der Waals surface area contributed by atoms with Gasteiger partial charge in [-0.1, -0.05) is 39.3 Å². The Kier molecular flexibility index (Phi) is 6.87. The third kappa shape index (κ3) is 5.97. The van der Waals surface area contributed by atoms with Crippen molar-refractivity contribution in [3.05, 3.63) is 24.3 Å². The van der Waals surface area contributed by atoms with Gasteiger partial charge >= 0.3 is 0 Å². The minimum Gasteiger partial charge on any atom is -0.368 e. The Hall–Kier alpha value is -1.12. The third-order valence-corrected chi connectivity index (χ3v) is 6.66. The van der Waals surface area contributed by atoms with Gasteiger partial charge in [0.2, 0.25) is 5.91 Å². The highest BCUT2D eigenvalue weighted by atomic mass is 31.2. The van der Waals surface area contributed by atoms with Crippen LogP contribution in [0.2, 0.25) is 0 Å². The van der Waals surface area contributed by atoms with E-state index in [1.165, 1.54) is 12.8 Å². The maximum atomic E-state index is 12.3. The number of hydrogen-bond acceptors (Lipinski definition) is 3. The van der Waals surface area contributed by atoms with Crippen LogP contribution >= 0.6 is 7.14 Å². The first-order chi connectivity index (χ1) is 11.7. The smallest absolute Gasteiger partial charge is 0.250 e. The van der Waals surface area contributed by atoms with Gasteiger partial charge in [0.25, 0.3) is 0 Å². The summed E-state index contributed by atoms with van der Waals surface area (Å²) in [6, 6.07) is 7.27. The number of hydrogen-bond donors (Lipinski definition) is 1. The molecule has 1 fully saturated rings. The Labute approximate surface area is 152 Å². The molecule has 1 N–H and O–H groups in total. The number of carbonyl (C=O) groups excluding carboxylic acids is 1. The molecule has 0 aliphatic heterocycles. The largest absolute Gasteiger partial charge is 0.368 e. The second-order valence-corrected chi connectivity index (χ2v) is 11.3. The first kappa shape index (κ1) is 20.2. The van der Waals surface area contributed by atoms with Crippen molar-refractivity contribution < 1.29 is 14.1 Å². The molecule has 1 saturated carbocycles. The van der Waals surface area contributed by atoms with Gasteiger partial charge in [0, 0.05) is 11.0 Å². The topological polar surface area (TPSA) is 55.4 Å². The zero-order valence-corrected chi connectivity index (χ0v) is 17.0. The first-order valence-corrected chi connectivity index (χ1v) is 11.8. The summed E-state index contributed by atoms with van der Waals surface area (Å²) in [7, 11) is -2.33. The van der Waals surface area contributed by atoms with Gasteiger partial charge in [-0.25, -0.2) is 0 Å². The van der Waals surface area contributed by atoms with Crippen molar-refractivity contribution in [3.8, 4) is 0 Å². The van der Waals surface area contributed by atoms with Crippen LogP contribution in [0.15, 0.2) is 24.3 Å². The maximum absolute atomic E-state index is 12.3. The van der Waals surface area contributed by atoms with Gasteiger partial charge in [-0.05, 0) is 56.1 Å². The van der Waals surface area contributed by atoms with E-state index in [2.05, 4.69) is 26.1 Å². The summed E-state index contributed by atoms with van der Waals surface area (Å²) in [5.74, 6) is 1.60. The molecule has 5 heteroatoms. The zero-order chi connectivity index (χ0) is 18.6. The Balaban J connectivity index is 1.93. The fraction of sp³-hybridized carbons (Fsp3) is 0.650. The van der Waals surface area contributed by atoms with Crippen molar-refractivity contribution in [2.45, 2.75) is 46.1 Å². The third-order valence-electron chi connectivity index (χ3n) is 5.14.